The summed E-state index contributed by atoms with van der Waals surface area (Å²) in [6.45, 7) is 2.30. The van der Waals surface area contributed by atoms with Crippen molar-refractivity contribution in [3.8, 4) is 5.75 Å². The Bertz CT molecular complexity index is 872. The average Bonchev–Trinajstić information content (AvgIpc) is 3.16. The Morgan fingerprint density at radius 3 is 2.43 bits per heavy atom. The molecular formula is C23H26N2O3. The van der Waals surface area contributed by atoms with Gasteiger partial charge in [0.2, 0.25) is 5.91 Å². The molecule has 1 heterocycles. The van der Waals surface area contributed by atoms with Gasteiger partial charge in [0.25, 0.3) is 5.91 Å². The molecule has 1 atom stereocenters. The number of hydrogen-bond donors (Lipinski definition) is 0. The lowest BCUT2D eigenvalue weighted by molar-refractivity contribution is -0.133. The molecule has 0 unspecified atom stereocenters. The maximum atomic E-state index is 12.8. The third kappa shape index (κ3) is 3.61. The summed E-state index contributed by atoms with van der Waals surface area (Å²) in [6, 6.07) is 15.7. The predicted molar refractivity (Wildman–Crippen MR) is 108 cm³/mol. The van der Waals surface area contributed by atoms with E-state index in [1.54, 1.807) is 19.2 Å². The van der Waals surface area contributed by atoms with Crippen LogP contribution in [0.1, 0.15) is 40.2 Å². The van der Waals surface area contributed by atoms with Crippen LogP contribution in [0.3, 0.4) is 0 Å². The van der Waals surface area contributed by atoms with Gasteiger partial charge in [-0.25, -0.2) is 0 Å². The summed E-state index contributed by atoms with van der Waals surface area (Å²) in [7, 11) is 1.57. The number of rotatable bonds is 4. The molecule has 1 aliphatic heterocycles. The minimum Gasteiger partial charge on any atom is -0.496 e. The number of amides is 2. The standard InChI is InChI=1S/C23H26N2O3/c1-28-21-9-5-4-8-20(21)23(27)25-14-12-24(13-15-25)22(26)16-18-11-10-17-6-2-3-7-19(17)18/h2-9,18H,10-16H2,1H3/t18-/m1/s1. The summed E-state index contributed by atoms with van der Waals surface area (Å²) in [5.74, 6) is 1.09. The van der Waals surface area contributed by atoms with Crippen molar-refractivity contribution in [2.45, 2.75) is 25.2 Å². The van der Waals surface area contributed by atoms with Gasteiger partial charge in [0.1, 0.15) is 5.75 Å². The van der Waals surface area contributed by atoms with E-state index in [0.717, 1.165) is 12.8 Å². The number of fused-ring (bicyclic) bond motifs is 1. The van der Waals surface area contributed by atoms with E-state index in [4.69, 9.17) is 4.74 Å². The van der Waals surface area contributed by atoms with Crippen molar-refractivity contribution >= 4 is 11.8 Å². The van der Waals surface area contributed by atoms with Crippen LogP contribution in [-0.2, 0) is 11.2 Å². The van der Waals surface area contributed by atoms with Gasteiger partial charge in [0.15, 0.2) is 0 Å². The van der Waals surface area contributed by atoms with Crippen molar-refractivity contribution in [1.29, 1.82) is 0 Å². The van der Waals surface area contributed by atoms with Gasteiger partial charge in [-0.15, -0.1) is 0 Å². The molecule has 146 valence electrons. The first-order chi connectivity index (χ1) is 13.7. The van der Waals surface area contributed by atoms with Gasteiger partial charge in [-0.2, -0.15) is 0 Å². The molecule has 1 saturated heterocycles. The van der Waals surface area contributed by atoms with E-state index >= 15 is 0 Å². The average molecular weight is 378 g/mol. The highest BCUT2D eigenvalue weighted by atomic mass is 16.5. The largest absolute Gasteiger partial charge is 0.496 e. The SMILES string of the molecule is COc1ccccc1C(=O)N1CCN(C(=O)C[C@H]2CCc3ccccc32)CC1. The lowest BCUT2D eigenvalue weighted by atomic mass is 9.97. The van der Waals surface area contributed by atoms with Gasteiger partial charge in [-0.05, 0) is 42.0 Å². The van der Waals surface area contributed by atoms with Gasteiger partial charge >= 0.3 is 0 Å². The Kier molecular flexibility index (Phi) is 5.33. The van der Waals surface area contributed by atoms with Crippen molar-refractivity contribution in [2.24, 2.45) is 0 Å². The molecule has 4 rings (SSSR count). The number of aryl methyl sites for hydroxylation is 1. The number of carbonyl (C=O) groups is 2. The highest BCUT2D eigenvalue weighted by molar-refractivity contribution is 5.97. The Labute approximate surface area is 165 Å². The zero-order valence-electron chi connectivity index (χ0n) is 16.3. The second kappa shape index (κ2) is 8.05. The number of methoxy groups -OCH3 is 1. The highest BCUT2D eigenvalue weighted by Gasteiger charge is 2.29. The van der Waals surface area contributed by atoms with Crippen molar-refractivity contribution < 1.29 is 14.3 Å². The molecule has 0 spiro atoms. The second-order valence-corrected chi connectivity index (χ2v) is 7.51. The molecule has 2 aromatic rings. The van der Waals surface area contributed by atoms with Crippen molar-refractivity contribution in [3.05, 3.63) is 65.2 Å². The number of benzene rings is 2. The van der Waals surface area contributed by atoms with E-state index in [2.05, 4.69) is 24.3 Å². The minimum absolute atomic E-state index is 0.0331. The minimum atomic E-state index is -0.0331. The number of ether oxygens (including phenoxy) is 1. The lowest BCUT2D eigenvalue weighted by Crippen LogP contribution is -2.50. The third-order valence-electron chi connectivity index (χ3n) is 5.94. The van der Waals surface area contributed by atoms with E-state index in [9.17, 15) is 9.59 Å². The molecular weight excluding hydrogens is 352 g/mol. The summed E-state index contributed by atoms with van der Waals surface area (Å²) >= 11 is 0. The summed E-state index contributed by atoms with van der Waals surface area (Å²) in [5, 5.41) is 0. The number of piperazine rings is 1. The van der Waals surface area contributed by atoms with Crippen LogP contribution in [-0.4, -0.2) is 54.9 Å². The zero-order valence-corrected chi connectivity index (χ0v) is 16.3. The van der Waals surface area contributed by atoms with Crippen molar-refractivity contribution in [1.82, 2.24) is 9.80 Å². The number of para-hydroxylation sites is 1. The Balaban J connectivity index is 1.34. The fourth-order valence-electron chi connectivity index (χ4n) is 4.35. The normalized spacial score (nSPS) is 18.7. The monoisotopic (exact) mass is 378 g/mol. The fraction of sp³-hybridized carbons (Fsp3) is 0.391. The van der Waals surface area contributed by atoms with Crippen LogP contribution in [0.2, 0.25) is 0 Å². The third-order valence-corrected chi connectivity index (χ3v) is 5.94. The number of carbonyl (C=O) groups excluding carboxylic acids is 2. The molecule has 1 fully saturated rings. The molecule has 5 nitrogen and oxygen atoms in total. The molecule has 28 heavy (non-hydrogen) atoms. The zero-order chi connectivity index (χ0) is 19.5. The summed E-state index contributed by atoms with van der Waals surface area (Å²) < 4.78 is 5.31. The first kappa shape index (κ1) is 18.5. The van der Waals surface area contributed by atoms with E-state index in [1.807, 2.05) is 21.9 Å². The molecule has 5 heteroatoms. The number of nitrogens with zero attached hydrogens (tertiary/aromatic N) is 2. The van der Waals surface area contributed by atoms with E-state index < -0.39 is 0 Å². The topological polar surface area (TPSA) is 49.9 Å². The van der Waals surface area contributed by atoms with Crippen molar-refractivity contribution in [3.63, 3.8) is 0 Å². The summed E-state index contributed by atoms with van der Waals surface area (Å²) in [5.41, 5.74) is 3.29. The molecule has 2 aromatic carbocycles. The van der Waals surface area contributed by atoms with Crippen LogP contribution >= 0.6 is 0 Å². The van der Waals surface area contributed by atoms with E-state index in [1.165, 1.54) is 11.1 Å². The Morgan fingerprint density at radius 1 is 0.964 bits per heavy atom. The molecule has 2 amide bonds. The quantitative estimate of drug-likeness (QED) is 0.821. The summed E-state index contributed by atoms with van der Waals surface area (Å²) in [4.78, 5) is 29.3. The maximum absolute atomic E-state index is 12.8. The predicted octanol–water partition coefficient (Wildman–Crippen LogP) is 3.10. The smallest absolute Gasteiger partial charge is 0.257 e. The highest BCUT2D eigenvalue weighted by Crippen LogP contribution is 2.35. The van der Waals surface area contributed by atoms with Gasteiger partial charge in [0.05, 0.1) is 12.7 Å². The van der Waals surface area contributed by atoms with Crippen LogP contribution in [0.5, 0.6) is 5.75 Å². The van der Waals surface area contributed by atoms with Crippen LogP contribution in [0, 0.1) is 0 Å². The molecule has 0 saturated carbocycles. The van der Waals surface area contributed by atoms with E-state index in [-0.39, 0.29) is 11.8 Å². The van der Waals surface area contributed by atoms with Crippen LogP contribution in [0.25, 0.3) is 0 Å². The molecule has 1 aliphatic carbocycles. The first-order valence-corrected chi connectivity index (χ1v) is 9.95. The Hall–Kier alpha value is -2.82. The maximum Gasteiger partial charge on any atom is 0.257 e. The molecule has 0 bridgehead atoms. The van der Waals surface area contributed by atoms with Crippen molar-refractivity contribution in [2.75, 3.05) is 33.3 Å². The lowest BCUT2D eigenvalue weighted by Gasteiger charge is -2.35. The van der Waals surface area contributed by atoms with Crippen LogP contribution in [0.15, 0.2) is 48.5 Å². The summed E-state index contributed by atoms with van der Waals surface area (Å²) in [6.07, 6.45) is 2.68. The van der Waals surface area contributed by atoms with Gasteiger partial charge in [0, 0.05) is 32.6 Å². The Morgan fingerprint density at radius 2 is 1.64 bits per heavy atom. The fourth-order valence-corrected chi connectivity index (χ4v) is 4.35. The number of hydrogen-bond acceptors (Lipinski definition) is 3. The second-order valence-electron chi connectivity index (χ2n) is 7.51. The molecule has 0 aromatic heterocycles. The van der Waals surface area contributed by atoms with E-state index in [0.29, 0.717) is 49.8 Å². The van der Waals surface area contributed by atoms with Gasteiger partial charge in [-0.1, -0.05) is 36.4 Å². The molecule has 0 N–H and O–H groups in total. The van der Waals surface area contributed by atoms with Gasteiger partial charge < -0.3 is 14.5 Å². The van der Waals surface area contributed by atoms with Crippen LogP contribution < -0.4 is 4.74 Å². The molecule has 0 radical (unpaired) electrons. The van der Waals surface area contributed by atoms with Gasteiger partial charge in [-0.3, -0.25) is 9.59 Å². The van der Waals surface area contributed by atoms with Crippen LogP contribution in [0.4, 0.5) is 0 Å². The first-order valence-electron chi connectivity index (χ1n) is 9.95. The molecule has 2 aliphatic rings.